The number of amides is 1. The Kier molecular flexibility index (Phi) is 5.56. The quantitative estimate of drug-likeness (QED) is 0.705. The highest BCUT2D eigenvalue weighted by Crippen LogP contribution is 2.41. The summed E-state index contributed by atoms with van der Waals surface area (Å²) in [6.07, 6.45) is 5.55. The zero-order valence-electron chi connectivity index (χ0n) is 16.1. The zero-order chi connectivity index (χ0) is 18.7. The summed E-state index contributed by atoms with van der Waals surface area (Å²) in [4.78, 5) is 28.3. The molecule has 1 spiro atoms. The van der Waals surface area contributed by atoms with E-state index in [0.717, 1.165) is 84.0 Å². The van der Waals surface area contributed by atoms with Crippen LogP contribution in [-0.4, -0.2) is 96.7 Å². The lowest BCUT2D eigenvalue weighted by molar-refractivity contribution is -0.135. The molecule has 0 bridgehead atoms. The van der Waals surface area contributed by atoms with Crippen LogP contribution in [0.4, 0.5) is 0 Å². The molecule has 8 nitrogen and oxygen atoms in total. The van der Waals surface area contributed by atoms with Gasteiger partial charge in [0.2, 0.25) is 5.91 Å². The van der Waals surface area contributed by atoms with Crippen molar-refractivity contribution in [3.63, 3.8) is 0 Å². The Morgan fingerprint density at radius 2 is 1.81 bits per heavy atom. The van der Waals surface area contributed by atoms with Crippen LogP contribution in [0.25, 0.3) is 0 Å². The van der Waals surface area contributed by atoms with Crippen molar-refractivity contribution in [3.05, 3.63) is 18.0 Å². The largest absolute Gasteiger partial charge is 0.467 e. The zero-order valence-corrected chi connectivity index (χ0v) is 16.1. The van der Waals surface area contributed by atoms with Crippen molar-refractivity contribution in [2.45, 2.75) is 19.4 Å². The number of nitrogens with zero attached hydrogens (tertiary/aromatic N) is 5. The molecule has 1 atom stereocenters. The average Bonchev–Trinajstić information content (AvgIpc) is 3.26. The average molecular weight is 375 g/mol. The summed E-state index contributed by atoms with van der Waals surface area (Å²) in [5.41, 5.74) is 0.876. The molecule has 1 unspecified atom stereocenters. The maximum absolute atomic E-state index is 13.1. The molecule has 3 aliphatic rings. The molecule has 1 aromatic heterocycles. The van der Waals surface area contributed by atoms with Crippen LogP contribution in [-0.2, 0) is 16.1 Å². The number of morpholine rings is 1. The van der Waals surface area contributed by atoms with Crippen molar-refractivity contribution in [1.29, 1.82) is 0 Å². The maximum Gasteiger partial charge on any atom is 0.316 e. The Morgan fingerprint density at radius 1 is 1.07 bits per heavy atom. The van der Waals surface area contributed by atoms with E-state index in [-0.39, 0.29) is 5.41 Å². The predicted molar refractivity (Wildman–Crippen MR) is 99.4 cm³/mol. The number of rotatable bonds is 6. The number of likely N-dealkylation sites (tertiary alicyclic amines) is 2. The monoisotopic (exact) mass is 375 g/mol. The minimum absolute atomic E-state index is 0.182. The van der Waals surface area contributed by atoms with Gasteiger partial charge in [-0.15, -0.1) is 0 Å². The second kappa shape index (κ2) is 8.08. The topological polar surface area (TPSA) is 71.0 Å². The lowest BCUT2D eigenvalue weighted by atomic mass is 9.85. The fourth-order valence-corrected chi connectivity index (χ4v) is 4.45. The minimum atomic E-state index is -0.182. The summed E-state index contributed by atoms with van der Waals surface area (Å²) >= 11 is 0. The van der Waals surface area contributed by atoms with E-state index in [0.29, 0.717) is 11.9 Å². The second-order valence-corrected chi connectivity index (χ2v) is 7.82. The number of methoxy groups -OCH3 is 1. The summed E-state index contributed by atoms with van der Waals surface area (Å²) in [6.45, 7) is 8.83. The van der Waals surface area contributed by atoms with Crippen LogP contribution in [0.2, 0.25) is 0 Å². The summed E-state index contributed by atoms with van der Waals surface area (Å²) in [7, 11) is 1.57. The van der Waals surface area contributed by atoms with Crippen LogP contribution < -0.4 is 4.74 Å². The molecule has 4 rings (SSSR count). The standard InChI is InChI=1S/C19H29N5O3/c1-26-18-20-12-16(13-21-18)14-23-4-2-19(15-23)3-5-24(17(19)25)7-6-22-8-10-27-11-9-22/h12-13H,2-11,14-15H2,1H3. The molecule has 8 heteroatoms. The van der Waals surface area contributed by atoms with Gasteiger partial charge in [0.25, 0.3) is 0 Å². The molecule has 27 heavy (non-hydrogen) atoms. The first-order chi connectivity index (χ1) is 13.2. The van der Waals surface area contributed by atoms with Crippen LogP contribution in [0.15, 0.2) is 12.4 Å². The van der Waals surface area contributed by atoms with Crippen LogP contribution >= 0.6 is 0 Å². The normalized spacial score (nSPS) is 27.0. The van der Waals surface area contributed by atoms with E-state index < -0.39 is 0 Å². The van der Waals surface area contributed by atoms with Crippen molar-refractivity contribution < 1.29 is 14.3 Å². The first-order valence-corrected chi connectivity index (χ1v) is 9.85. The van der Waals surface area contributed by atoms with Crippen molar-refractivity contribution in [2.24, 2.45) is 5.41 Å². The summed E-state index contributed by atoms with van der Waals surface area (Å²) in [6, 6.07) is 0.388. The fraction of sp³-hybridized carbons (Fsp3) is 0.737. The van der Waals surface area contributed by atoms with E-state index >= 15 is 0 Å². The Hall–Kier alpha value is -1.77. The van der Waals surface area contributed by atoms with Gasteiger partial charge in [0.1, 0.15) is 0 Å². The molecular weight excluding hydrogens is 346 g/mol. The molecule has 0 radical (unpaired) electrons. The number of hydrogen-bond donors (Lipinski definition) is 0. The van der Waals surface area contributed by atoms with Gasteiger partial charge in [0, 0.05) is 63.8 Å². The highest BCUT2D eigenvalue weighted by Gasteiger charge is 2.50. The van der Waals surface area contributed by atoms with Crippen molar-refractivity contribution in [3.8, 4) is 6.01 Å². The SMILES string of the molecule is COc1ncc(CN2CCC3(CCN(CCN4CCOCC4)C3=O)C2)cn1. The van der Waals surface area contributed by atoms with E-state index in [1.165, 1.54) is 0 Å². The van der Waals surface area contributed by atoms with Crippen molar-refractivity contribution in [2.75, 3.05) is 66.1 Å². The smallest absolute Gasteiger partial charge is 0.316 e. The molecule has 1 aromatic rings. The Labute approximate surface area is 160 Å². The van der Waals surface area contributed by atoms with Gasteiger partial charge in [0.05, 0.1) is 25.7 Å². The molecule has 148 valence electrons. The lowest BCUT2D eigenvalue weighted by Crippen LogP contribution is -2.43. The first-order valence-electron chi connectivity index (χ1n) is 9.85. The highest BCUT2D eigenvalue weighted by atomic mass is 16.5. The van der Waals surface area contributed by atoms with Gasteiger partial charge in [-0.1, -0.05) is 0 Å². The Morgan fingerprint density at radius 3 is 2.56 bits per heavy atom. The van der Waals surface area contributed by atoms with Gasteiger partial charge in [-0.3, -0.25) is 14.6 Å². The number of carbonyl (C=O) groups is 1. The number of ether oxygens (including phenoxy) is 2. The minimum Gasteiger partial charge on any atom is -0.467 e. The molecule has 3 fully saturated rings. The Bertz CT molecular complexity index is 649. The van der Waals surface area contributed by atoms with Crippen LogP contribution in [0.3, 0.4) is 0 Å². The van der Waals surface area contributed by atoms with E-state index in [4.69, 9.17) is 9.47 Å². The third kappa shape index (κ3) is 4.07. The molecule has 4 heterocycles. The van der Waals surface area contributed by atoms with Crippen LogP contribution in [0.1, 0.15) is 18.4 Å². The molecule has 0 aliphatic carbocycles. The van der Waals surface area contributed by atoms with Gasteiger partial charge in [-0.05, 0) is 19.4 Å². The fourth-order valence-electron chi connectivity index (χ4n) is 4.45. The molecule has 3 aliphatic heterocycles. The summed E-state index contributed by atoms with van der Waals surface area (Å²) in [5, 5.41) is 0. The summed E-state index contributed by atoms with van der Waals surface area (Å²) in [5.74, 6) is 0.351. The van der Waals surface area contributed by atoms with Gasteiger partial charge < -0.3 is 14.4 Å². The third-order valence-electron chi connectivity index (χ3n) is 6.09. The first kappa shape index (κ1) is 18.6. The number of hydrogen-bond acceptors (Lipinski definition) is 7. The molecule has 0 saturated carbocycles. The van der Waals surface area contributed by atoms with Crippen molar-refractivity contribution in [1.82, 2.24) is 24.7 Å². The number of aromatic nitrogens is 2. The third-order valence-corrected chi connectivity index (χ3v) is 6.09. The molecular formula is C19H29N5O3. The molecule has 0 N–H and O–H groups in total. The maximum atomic E-state index is 13.1. The van der Waals surface area contributed by atoms with Crippen LogP contribution in [0.5, 0.6) is 6.01 Å². The molecule has 1 amide bonds. The Balaban J connectivity index is 1.29. The summed E-state index contributed by atoms with van der Waals surface area (Å²) < 4.78 is 10.4. The molecule has 0 aromatic carbocycles. The number of carbonyl (C=O) groups excluding carboxylic acids is 1. The van der Waals surface area contributed by atoms with Crippen LogP contribution in [0, 0.1) is 5.41 Å². The predicted octanol–water partition coefficient (Wildman–Crippen LogP) is 0.242. The van der Waals surface area contributed by atoms with E-state index in [1.807, 2.05) is 12.4 Å². The van der Waals surface area contributed by atoms with E-state index in [9.17, 15) is 4.79 Å². The van der Waals surface area contributed by atoms with Gasteiger partial charge in [-0.25, -0.2) is 9.97 Å². The van der Waals surface area contributed by atoms with E-state index in [2.05, 4.69) is 24.7 Å². The lowest BCUT2D eigenvalue weighted by Gasteiger charge is -2.29. The van der Waals surface area contributed by atoms with Crippen molar-refractivity contribution >= 4 is 5.91 Å². The molecule has 3 saturated heterocycles. The van der Waals surface area contributed by atoms with Gasteiger partial charge >= 0.3 is 6.01 Å². The van der Waals surface area contributed by atoms with Gasteiger partial charge in [0.15, 0.2) is 0 Å². The highest BCUT2D eigenvalue weighted by molar-refractivity contribution is 5.85. The second-order valence-electron chi connectivity index (χ2n) is 7.82. The van der Waals surface area contributed by atoms with E-state index in [1.54, 1.807) is 7.11 Å². The van der Waals surface area contributed by atoms with Gasteiger partial charge in [-0.2, -0.15) is 0 Å².